The van der Waals surface area contributed by atoms with Crippen molar-refractivity contribution in [3.63, 3.8) is 0 Å². The highest BCUT2D eigenvalue weighted by molar-refractivity contribution is 6.14. The van der Waals surface area contributed by atoms with Gasteiger partial charge in [-0.25, -0.2) is 19.9 Å². The minimum absolute atomic E-state index is 0.211. The van der Waals surface area contributed by atoms with Gasteiger partial charge in [0.25, 0.3) is 0 Å². The van der Waals surface area contributed by atoms with Crippen LogP contribution in [-0.2, 0) is 0 Å². The summed E-state index contributed by atoms with van der Waals surface area (Å²) in [6.07, 6.45) is 3.16. The van der Waals surface area contributed by atoms with E-state index >= 15 is 0 Å². The minimum atomic E-state index is 0.211. The molecule has 8 aromatic carbocycles. The van der Waals surface area contributed by atoms with Gasteiger partial charge in [0, 0.05) is 49.5 Å². The molecule has 0 spiro atoms. The first-order valence-electron chi connectivity index (χ1n) is 22.2. The van der Waals surface area contributed by atoms with E-state index in [0.717, 1.165) is 78.6 Å². The van der Waals surface area contributed by atoms with Crippen molar-refractivity contribution in [3.8, 4) is 51.1 Å². The third-order valence-corrected chi connectivity index (χ3v) is 13.1. The lowest BCUT2D eigenvalue weighted by Gasteiger charge is -2.24. The van der Waals surface area contributed by atoms with Crippen LogP contribution in [0.25, 0.3) is 117 Å². The summed E-state index contributed by atoms with van der Waals surface area (Å²) in [5.74, 6) is 2.09. The van der Waals surface area contributed by atoms with Crippen molar-refractivity contribution in [3.05, 3.63) is 211 Å². The van der Waals surface area contributed by atoms with Gasteiger partial charge in [0.1, 0.15) is 11.3 Å². The molecular formula is C59H39N5O. The first-order chi connectivity index (χ1) is 32.1. The largest absolute Gasteiger partial charge is 0.454 e. The van der Waals surface area contributed by atoms with Crippen LogP contribution in [0.1, 0.15) is 36.1 Å². The second-order valence-corrected chi connectivity index (χ2v) is 17.0. The van der Waals surface area contributed by atoms with Crippen LogP contribution in [-0.4, -0.2) is 24.5 Å². The minimum Gasteiger partial charge on any atom is -0.454 e. The summed E-state index contributed by atoms with van der Waals surface area (Å²) in [6.45, 7) is 2.31. The molecule has 6 nitrogen and oxygen atoms in total. The molecule has 0 saturated carbocycles. The van der Waals surface area contributed by atoms with Gasteiger partial charge in [0.2, 0.25) is 0 Å². The standard InChI is InChI=1S/C59H39N5O/c1-36-34-42(35-49-53(36)54-48-21-9-12-25-52(48)65-56(54)55(60-49)47-22-13-17-38-14-5-6-18-44(38)47)37-26-28-40(29-27-37)58-61-57(39-15-3-2-4-16-39)62-59(63-58)41-30-32-43(33-31-41)64-50-23-10-7-19-45(50)46-20-8-11-24-51(46)64/h2-33,35-36H,34H2,1H3. The van der Waals surface area contributed by atoms with Gasteiger partial charge >= 0.3 is 0 Å². The second kappa shape index (κ2) is 14.8. The lowest BCUT2D eigenvalue weighted by atomic mass is 9.81. The molecule has 6 heteroatoms. The molecule has 13 rings (SSSR count). The highest BCUT2D eigenvalue weighted by atomic mass is 16.3. The van der Waals surface area contributed by atoms with Crippen LogP contribution >= 0.6 is 0 Å². The summed E-state index contributed by atoms with van der Waals surface area (Å²) < 4.78 is 9.01. The van der Waals surface area contributed by atoms with E-state index in [0.29, 0.717) is 17.5 Å². The van der Waals surface area contributed by atoms with E-state index in [1.54, 1.807) is 0 Å². The molecule has 1 atom stereocenters. The Hall–Kier alpha value is -8.48. The number of rotatable bonds is 6. The topological polar surface area (TPSA) is 69.6 Å². The molecule has 1 aliphatic rings. The van der Waals surface area contributed by atoms with Crippen LogP contribution in [0.5, 0.6) is 0 Å². The van der Waals surface area contributed by atoms with Crippen LogP contribution in [0.3, 0.4) is 0 Å². The highest BCUT2D eigenvalue weighted by Gasteiger charge is 2.28. The Bertz CT molecular complexity index is 3800. The van der Waals surface area contributed by atoms with E-state index in [4.69, 9.17) is 24.4 Å². The summed E-state index contributed by atoms with van der Waals surface area (Å²) >= 11 is 0. The number of aromatic nitrogens is 5. The smallest absolute Gasteiger partial charge is 0.164 e. The predicted octanol–water partition coefficient (Wildman–Crippen LogP) is 15.1. The Morgan fingerprint density at radius 2 is 1.02 bits per heavy atom. The van der Waals surface area contributed by atoms with Crippen molar-refractivity contribution in [2.45, 2.75) is 19.3 Å². The number of fused-ring (bicyclic) bond motifs is 9. The fourth-order valence-electron chi connectivity index (χ4n) is 10.1. The molecule has 0 saturated heterocycles. The van der Waals surface area contributed by atoms with Gasteiger partial charge in [-0.1, -0.05) is 159 Å². The number of para-hydroxylation sites is 3. The average molecular weight is 834 g/mol. The lowest BCUT2D eigenvalue weighted by molar-refractivity contribution is 0.666. The predicted molar refractivity (Wildman–Crippen MR) is 266 cm³/mol. The monoisotopic (exact) mass is 833 g/mol. The third-order valence-electron chi connectivity index (χ3n) is 13.1. The van der Waals surface area contributed by atoms with E-state index in [1.165, 1.54) is 38.3 Å². The molecule has 0 N–H and O–H groups in total. The summed E-state index contributed by atoms with van der Waals surface area (Å²) in [4.78, 5) is 20.7. The number of benzene rings is 8. The second-order valence-electron chi connectivity index (χ2n) is 17.0. The van der Waals surface area contributed by atoms with Crippen LogP contribution in [0.2, 0.25) is 0 Å². The molecule has 65 heavy (non-hydrogen) atoms. The van der Waals surface area contributed by atoms with E-state index in [1.807, 2.05) is 36.4 Å². The Morgan fingerprint density at radius 3 is 1.71 bits per heavy atom. The molecule has 0 amide bonds. The molecule has 0 aliphatic heterocycles. The lowest BCUT2D eigenvalue weighted by Crippen LogP contribution is -2.08. The Balaban J connectivity index is 0.894. The van der Waals surface area contributed by atoms with Crippen LogP contribution in [0, 0.1) is 0 Å². The van der Waals surface area contributed by atoms with Gasteiger partial charge in [-0.2, -0.15) is 0 Å². The molecule has 0 bridgehead atoms. The fraction of sp³-hybridized carbons (Fsp3) is 0.0508. The Kier molecular flexibility index (Phi) is 8.46. The molecule has 0 fully saturated rings. The van der Waals surface area contributed by atoms with Crippen molar-refractivity contribution >= 4 is 66.2 Å². The molecule has 0 radical (unpaired) electrons. The van der Waals surface area contributed by atoms with Gasteiger partial charge < -0.3 is 8.98 Å². The molecule has 1 aliphatic carbocycles. The number of hydrogen-bond acceptors (Lipinski definition) is 5. The molecule has 4 aromatic heterocycles. The first-order valence-corrected chi connectivity index (χ1v) is 22.2. The maximum atomic E-state index is 6.69. The summed E-state index contributed by atoms with van der Waals surface area (Å²) in [5, 5.41) is 7.08. The zero-order chi connectivity index (χ0) is 43.0. The maximum absolute atomic E-state index is 6.69. The number of allylic oxidation sites excluding steroid dienone is 1. The molecule has 306 valence electrons. The van der Waals surface area contributed by atoms with Crippen LogP contribution in [0.15, 0.2) is 199 Å². The molecule has 12 aromatic rings. The average Bonchev–Trinajstić information content (AvgIpc) is 3.93. The molecule has 1 unspecified atom stereocenters. The Labute approximate surface area is 374 Å². The summed E-state index contributed by atoms with van der Waals surface area (Å²) in [5.41, 5.74) is 14.5. The van der Waals surface area contributed by atoms with E-state index in [2.05, 4.69) is 175 Å². The van der Waals surface area contributed by atoms with E-state index < -0.39 is 0 Å². The van der Waals surface area contributed by atoms with E-state index in [-0.39, 0.29) is 5.92 Å². The summed E-state index contributed by atoms with van der Waals surface area (Å²) in [6, 6.07) is 67.8. The SMILES string of the molecule is CC1CC(c2ccc(-c3nc(-c4ccccc4)nc(-c4ccc(-n5c6ccccc6c6ccccc65)cc4)n3)cc2)=Cc2nc(-c3cccc4ccccc34)c3oc4ccccc4c3c21. The Morgan fingerprint density at radius 1 is 0.477 bits per heavy atom. The number of pyridine rings is 1. The highest BCUT2D eigenvalue weighted by Crippen LogP contribution is 2.47. The van der Waals surface area contributed by atoms with Gasteiger partial charge in [0.05, 0.1) is 16.7 Å². The quantitative estimate of drug-likeness (QED) is 0.167. The molecule has 4 heterocycles. The van der Waals surface area contributed by atoms with Crippen LogP contribution in [0.4, 0.5) is 0 Å². The zero-order valence-corrected chi connectivity index (χ0v) is 35.5. The van der Waals surface area contributed by atoms with Crippen LogP contribution < -0.4 is 0 Å². The van der Waals surface area contributed by atoms with Gasteiger partial charge in [0.15, 0.2) is 23.1 Å². The van der Waals surface area contributed by atoms with E-state index in [9.17, 15) is 0 Å². The number of nitrogens with zero attached hydrogens (tertiary/aromatic N) is 5. The zero-order valence-electron chi connectivity index (χ0n) is 35.5. The van der Waals surface area contributed by atoms with Crippen molar-refractivity contribution in [2.24, 2.45) is 0 Å². The van der Waals surface area contributed by atoms with Crippen molar-refractivity contribution in [1.82, 2.24) is 24.5 Å². The van der Waals surface area contributed by atoms with Gasteiger partial charge in [-0.15, -0.1) is 0 Å². The third kappa shape index (κ3) is 6.10. The summed E-state index contributed by atoms with van der Waals surface area (Å²) in [7, 11) is 0. The number of furan rings is 1. The van der Waals surface area contributed by atoms with Crippen molar-refractivity contribution in [2.75, 3.05) is 0 Å². The first kappa shape index (κ1) is 37.1. The van der Waals surface area contributed by atoms with Gasteiger partial charge in [-0.05, 0) is 88.4 Å². The normalized spacial score (nSPS) is 13.8. The van der Waals surface area contributed by atoms with Crippen molar-refractivity contribution < 1.29 is 4.42 Å². The number of hydrogen-bond donors (Lipinski definition) is 0. The maximum Gasteiger partial charge on any atom is 0.164 e. The fourth-order valence-corrected chi connectivity index (χ4v) is 10.1. The molecular weight excluding hydrogens is 795 g/mol. The van der Waals surface area contributed by atoms with Crippen molar-refractivity contribution in [1.29, 1.82) is 0 Å². The van der Waals surface area contributed by atoms with Gasteiger partial charge in [-0.3, -0.25) is 0 Å².